The summed E-state index contributed by atoms with van der Waals surface area (Å²) in [5.41, 5.74) is 5.42. The van der Waals surface area contributed by atoms with Gasteiger partial charge >= 0.3 is 0 Å². The van der Waals surface area contributed by atoms with Gasteiger partial charge in [0.25, 0.3) is 0 Å². The number of hydrogen-bond acceptors (Lipinski definition) is 3. The Morgan fingerprint density at radius 3 is 2.92 bits per heavy atom. The average molecular weight is 201 g/mol. The van der Waals surface area contributed by atoms with E-state index in [0.29, 0.717) is 18.1 Å². The average Bonchev–Trinajstić information content (AvgIpc) is 2.14. The summed E-state index contributed by atoms with van der Waals surface area (Å²) in [6.07, 6.45) is 0.991. The van der Waals surface area contributed by atoms with Crippen LogP contribution in [0.1, 0.15) is 6.42 Å². The van der Waals surface area contributed by atoms with E-state index in [1.807, 2.05) is 11.9 Å². The van der Waals surface area contributed by atoms with E-state index in [0.717, 1.165) is 19.5 Å². The smallest absolute Gasteiger partial charge is 0.236 e. The number of nitrogens with zero attached hydrogens (tertiary/aromatic N) is 2. The van der Waals surface area contributed by atoms with Crippen molar-refractivity contribution in [2.24, 2.45) is 5.73 Å². The highest BCUT2D eigenvalue weighted by Gasteiger charge is 2.18. The zero-order chi connectivity index (χ0) is 9.84. The Labute approximate surface area is 83.7 Å². The lowest BCUT2D eigenvalue weighted by atomic mass is 10.4. The molecule has 0 saturated carbocycles. The molecule has 1 heterocycles. The fourth-order valence-corrected chi connectivity index (χ4v) is 1.59. The summed E-state index contributed by atoms with van der Waals surface area (Å²) in [4.78, 5) is 15.6. The van der Waals surface area contributed by atoms with Crippen LogP contribution in [0.25, 0.3) is 0 Å². The Kier molecular flexibility index (Phi) is 3.62. The molecule has 0 aromatic rings. The number of carbonyl (C=O) groups excluding carboxylic acids is 1. The van der Waals surface area contributed by atoms with E-state index in [4.69, 9.17) is 18.0 Å². The molecule has 0 aliphatic carbocycles. The highest BCUT2D eigenvalue weighted by Crippen LogP contribution is 2.01. The van der Waals surface area contributed by atoms with E-state index < -0.39 is 0 Å². The maximum absolute atomic E-state index is 11.4. The van der Waals surface area contributed by atoms with Crippen molar-refractivity contribution >= 4 is 23.1 Å². The van der Waals surface area contributed by atoms with Crippen molar-refractivity contribution in [2.75, 3.05) is 33.2 Å². The minimum absolute atomic E-state index is 0.147. The summed E-state index contributed by atoms with van der Waals surface area (Å²) in [5, 5.41) is 0. The minimum Gasteiger partial charge on any atom is -0.392 e. The van der Waals surface area contributed by atoms with Crippen LogP contribution in [-0.4, -0.2) is 53.9 Å². The number of thiocarbonyl (C=S) groups is 1. The summed E-state index contributed by atoms with van der Waals surface area (Å²) in [7, 11) is 1.83. The summed E-state index contributed by atoms with van der Waals surface area (Å²) < 4.78 is 0. The van der Waals surface area contributed by atoms with Crippen LogP contribution < -0.4 is 5.73 Å². The molecule has 1 amide bonds. The van der Waals surface area contributed by atoms with Crippen molar-refractivity contribution in [3.8, 4) is 0 Å². The number of likely N-dealkylation sites (N-methyl/N-ethyl adjacent to an activating group) is 1. The van der Waals surface area contributed by atoms with Gasteiger partial charge in [-0.05, 0) is 6.42 Å². The molecule has 1 aliphatic rings. The predicted molar refractivity (Wildman–Crippen MR) is 55.5 cm³/mol. The normalized spacial score (nSPS) is 20.1. The molecular weight excluding hydrogens is 186 g/mol. The Balaban J connectivity index is 2.49. The lowest BCUT2D eigenvalue weighted by Gasteiger charge is -2.17. The first-order valence-electron chi connectivity index (χ1n) is 4.34. The van der Waals surface area contributed by atoms with Crippen LogP contribution in [0.3, 0.4) is 0 Å². The van der Waals surface area contributed by atoms with E-state index in [9.17, 15) is 4.79 Å². The van der Waals surface area contributed by atoms with Crippen LogP contribution in [0.5, 0.6) is 0 Å². The lowest BCUT2D eigenvalue weighted by molar-refractivity contribution is -0.129. The van der Waals surface area contributed by atoms with Crippen LogP contribution in [0, 0.1) is 0 Å². The van der Waals surface area contributed by atoms with Gasteiger partial charge in [-0.1, -0.05) is 12.2 Å². The van der Waals surface area contributed by atoms with Crippen molar-refractivity contribution in [2.45, 2.75) is 6.42 Å². The molecule has 2 N–H and O–H groups in total. The first-order valence-corrected chi connectivity index (χ1v) is 4.75. The van der Waals surface area contributed by atoms with Crippen LogP contribution >= 0.6 is 12.2 Å². The first kappa shape index (κ1) is 10.4. The van der Waals surface area contributed by atoms with E-state index in [1.54, 1.807) is 4.90 Å². The maximum Gasteiger partial charge on any atom is 0.236 e. The van der Waals surface area contributed by atoms with Crippen LogP contribution in [0.15, 0.2) is 0 Å². The standard InChI is InChI=1S/C8H15N3OS/c1-10-3-2-4-11(5-7(9)13)6-8(10)12/h2-6H2,1H3,(H2,9,13). The maximum atomic E-state index is 11.4. The van der Waals surface area contributed by atoms with Gasteiger partial charge in [0.2, 0.25) is 5.91 Å². The fourth-order valence-electron chi connectivity index (χ4n) is 1.40. The molecule has 0 atom stereocenters. The van der Waals surface area contributed by atoms with Gasteiger partial charge in [0, 0.05) is 26.7 Å². The molecule has 74 valence electrons. The number of amides is 1. The quantitative estimate of drug-likeness (QED) is 0.608. The SMILES string of the molecule is CN1CCCN(CC(N)=S)CC1=O. The largest absolute Gasteiger partial charge is 0.392 e. The Bertz CT molecular complexity index is 219. The molecule has 0 aromatic heterocycles. The second-order valence-corrected chi connectivity index (χ2v) is 3.87. The molecule has 1 saturated heterocycles. The van der Waals surface area contributed by atoms with Crippen molar-refractivity contribution in [1.29, 1.82) is 0 Å². The third-order valence-corrected chi connectivity index (χ3v) is 2.26. The molecule has 4 nitrogen and oxygen atoms in total. The molecule has 0 unspecified atom stereocenters. The highest BCUT2D eigenvalue weighted by molar-refractivity contribution is 7.80. The number of hydrogen-bond donors (Lipinski definition) is 1. The molecule has 13 heavy (non-hydrogen) atoms. The second-order valence-electron chi connectivity index (χ2n) is 3.35. The third-order valence-electron chi connectivity index (χ3n) is 2.13. The molecule has 0 radical (unpaired) electrons. The monoisotopic (exact) mass is 201 g/mol. The van der Waals surface area contributed by atoms with Crippen molar-refractivity contribution in [3.63, 3.8) is 0 Å². The fraction of sp³-hybridized carbons (Fsp3) is 0.750. The summed E-state index contributed by atoms with van der Waals surface area (Å²) in [6, 6.07) is 0. The highest BCUT2D eigenvalue weighted by atomic mass is 32.1. The van der Waals surface area contributed by atoms with Gasteiger partial charge in [0.05, 0.1) is 11.5 Å². The van der Waals surface area contributed by atoms with Gasteiger partial charge < -0.3 is 10.6 Å². The molecule has 1 aliphatic heterocycles. The van der Waals surface area contributed by atoms with E-state index >= 15 is 0 Å². The van der Waals surface area contributed by atoms with Crippen LogP contribution in [-0.2, 0) is 4.79 Å². The van der Waals surface area contributed by atoms with Crippen molar-refractivity contribution < 1.29 is 4.79 Å². The zero-order valence-corrected chi connectivity index (χ0v) is 8.64. The summed E-state index contributed by atoms with van der Waals surface area (Å²) in [5.74, 6) is 0.147. The molecule has 0 aromatic carbocycles. The molecular formula is C8H15N3OS. The molecule has 0 spiro atoms. The predicted octanol–water partition coefficient (Wildman–Crippen LogP) is -0.563. The molecule has 1 rings (SSSR count). The molecule has 0 bridgehead atoms. The van der Waals surface area contributed by atoms with Gasteiger partial charge in [0.15, 0.2) is 0 Å². The minimum atomic E-state index is 0.147. The van der Waals surface area contributed by atoms with Gasteiger partial charge in [-0.3, -0.25) is 9.69 Å². The number of nitrogens with two attached hydrogens (primary N) is 1. The van der Waals surface area contributed by atoms with Crippen LogP contribution in [0.4, 0.5) is 0 Å². The Hall–Kier alpha value is -0.680. The third kappa shape index (κ3) is 3.28. The van der Waals surface area contributed by atoms with Crippen molar-refractivity contribution in [3.05, 3.63) is 0 Å². The number of rotatable bonds is 2. The number of carbonyl (C=O) groups is 1. The molecule has 1 fully saturated rings. The van der Waals surface area contributed by atoms with E-state index in [2.05, 4.69) is 0 Å². The summed E-state index contributed by atoms with van der Waals surface area (Å²) in [6.45, 7) is 2.71. The topological polar surface area (TPSA) is 49.6 Å². The zero-order valence-electron chi connectivity index (χ0n) is 7.82. The Morgan fingerprint density at radius 1 is 1.62 bits per heavy atom. The lowest BCUT2D eigenvalue weighted by Crippen LogP contribution is -2.38. The van der Waals surface area contributed by atoms with Crippen LogP contribution in [0.2, 0.25) is 0 Å². The van der Waals surface area contributed by atoms with Gasteiger partial charge in [-0.2, -0.15) is 0 Å². The molecule has 5 heteroatoms. The Morgan fingerprint density at radius 2 is 2.31 bits per heavy atom. The van der Waals surface area contributed by atoms with Gasteiger partial charge in [-0.15, -0.1) is 0 Å². The van der Waals surface area contributed by atoms with E-state index in [-0.39, 0.29) is 5.91 Å². The van der Waals surface area contributed by atoms with E-state index in [1.165, 1.54) is 0 Å². The second kappa shape index (κ2) is 4.53. The van der Waals surface area contributed by atoms with Gasteiger partial charge in [-0.25, -0.2) is 0 Å². The first-order chi connectivity index (χ1) is 6.09. The van der Waals surface area contributed by atoms with Gasteiger partial charge in [0.1, 0.15) is 0 Å². The summed E-state index contributed by atoms with van der Waals surface area (Å²) >= 11 is 4.80. The van der Waals surface area contributed by atoms with Crippen molar-refractivity contribution in [1.82, 2.24) is 9.80 Å².